The van der Waals surface area contributed by atoms with E-state index in [1.807, 2.05) is 12.1 Å². The van der Waals surface area contributed by atoms with Gasteiger partial charge in [-0.2, -0.15) is 10.5 Å². The summed E-state index contributed by atoms with van der Waals surface area (Å²) < 4.78 is 1.05. The maximum Gasteiger partial charge on any atom is 0.277 e. The van der Waals surface area contributed by atoms with Gasteiger partial charge in [0.05, 0.1) is 0 Å². The van der Waals surface area contributed by atoms with E-state index in [-0.39, 0.29) is 32.7 Å². The Bertz CT molecular complexity index is 1120. The molecular weight excluding hydrogens is 381 g/mol. The number of halogens is 2. The van der Waals surface area contributed by atoms with Gasteiger partial charge in [0, 0.05) is 32.7 Å². The number of aromatic nitrogens is 2. The van der Waals surface area contributed by atoms with E-state index in [0.29, 0.717) is 10.6 Å². The third kappa shape index (κ3) is 2.75. The fourth-order valence-corrected chi connectivity index (χ4v) is 3.54. The molecule has 0 radical (unpaired) electrons. The molecule has 0 saturated heterocycles. The topological polar surface area (TPSA) is 108 Å². The molecule has 0 aliphatic heterocycles. The molecule has 0 fully saturated rings. The van der Waals surface area contributed by atoms with Gasteiger partial charge in [0.15, 0.2) is 5.13 Å². The summed E-state index contributed by atoms with van der Waals surface area (Å²) in [4.78, 5) is 16.8. The quantitative estimate of drug-likeness (QED) is 0.722. The van der Waals surface area contributed by atoms with Crippen LogP contribution in [0.3, 0.4) is 0 Å². The molecule has 0 unspecified atom stereocenters. The molecule has 6 nitrogen and oxygen atoms in total. The number of benzene rings is 1. The van der Waals surface area contributed by atoms with Crippen molar-refractivity contribution in [1.29, 1.82) is 10.5 Å². The molecule has 2 N–H and O–H groups in total. The standard InChI is InChI=1S/C16H7Cl2N5OS/c17-8-1-2-9(12(18)5-8)13-10(6-19)14(21)23(15(24)11(13)7-20)16-22-3-4-25-16/h1-5H,21H2. The molecule has 9 heteroatoms. The number of hydrogen-bond acceptors (Lipinski definition) is 6. The highest BCUT2D eigenvalue weighted by Crippen LogP contribution is 2.36. The Morgan fingerprint density at radius 2 is 1.92 bits per heavy atom. The second kappa shape index (κ2) is 6.58. The Balaban J connectivity index is 2.48. The summed E-state index contributed by atoms with van der Waals surface area (Å²) in [5.74, 6) is -0.109. The summed E-state index contributed by atoms with van der Waals surface area (Å²) in [6.07, 6.45) is 1.49. The predicted molar refractivity (Wildman–Crippen MR) is 97.0 cm³/mol. The minimum atomic E-state index is -0.671. The molecule has 0 aliphatic carbocycles. The van der Waals surface area contributed by atoms with Crippen LogP contribution in [0.2, 0.25) is 10.0 Å². The highest BCUT2D eigenvalue weighted by molar-refractivity contribution is 7.12. The van der Waals surface area contributed by atoms with Gasteiger partial charge in [-0.05, 0) is 12.1 Å². The van der Waals surface area contributed by atoms with Crippen LogP contribution in [0.25, 0.3) is 16.3 Å². The zero-order chi connectivity index (χ0) is 18.1. The third-order valence-corrected chi connectivity index (χ3v) is 4.75. The average molecular weight is 388 g/mol. The molecule has 0 saturated carbocycles. The van der Waals surface area contributed by atoms with Crippen LogP contribution in [0.5, 0.6) is 0 Å². The van der Waals surface area contributed by atoms with Crippen LogP contribution >= 0.6 is 34.5 Å². The van der Waals surface area contributed by atoms with Crippen molar-refractivity contribution in [1.82, 2.24) is 9.55 Å². The molecule has 0 bridgehead atoms. The Morgan fingerprint density at radius 3 is 2.48 bits per heavy atom. The number of thiazole rings is 1. The van der Waals surface area contributed by atoms with Crippen molar-refractivity contribution in [2.45, 2.75) is 0 Å². The maximum absolute atomic E-state index is 12.8. The molecule has 0 atom stereocenters. The third-order valence-electron chi connectivity index (χ3n) is 3.45. The van der Waals surface area contributed by atoms with Crippen LogP contribution < -0.4 is 11.3 Å². The van der Waals surface area contributed by atoms with Gasteiger partial charge in [-0.1, -0.05) is 29.3 Å². The maximum atomic E-state index is 12.8. The van der Waals surface area contributed by atoms with Crippen LogP contribution in [0.1, 0.15) is 11.1 Å². The molecule has 122 valence electrons. The fraction of sp³-hybridized carbons (Fsp3) is 0. The van der Waals surface area contributed by atoms with E-state index in [1.54, 1.807) is 11.4 Å². The summed E-state index contributed by atoms with van der Waals surface area (Å²) in [5, 5.41) is 21.6. The molecule has 3 rings (SSSR count). The van der Waals surface area contributed by atoms with Gasteiger partial charge < -0.3 is 5.73 Å². The molecule has 0 spiro atoms. The van der Waals surface area contributed by atoms with Crippen molar-refractivity contribution in [3.63, 3.8) is 0 Å². The lowest BCUT2D eigenvalue weighted by molar-refractivity contribution is 0.975. The second-order valence-corrected chi connectivity index (χ2v) is 6.53. The van der Waals surface area contributed by atoms with Crippen molar-refractivity contribution in [2.75, 3.05) is 5.73 Å². The number of anilines is 1. The molecule has 2 heterocycles. The number of nitrogen functional groups attached to an aromatic ring is 1. The van der Waals surface area contributed by atoms with Gasteiger partial charge >= 0.3 is 0 Å². The predicted octanol–water partition coefficient (Wildman–Crippen LogP) is 3.59. The second-order valence-electron chi connectivity index (χ2n) is 4.81. The van der Waals surface area contributed by atoms with Gasteiger partial charge in [-0.25, -0.2) is 9.55 Å². The Kier molecular flexibility index (Phi) is 4.47. The normalized spacial score (nSPS) is 10.2. The molecule has 0 amide bonds. The first-order valence-electron chi connectivity index (χ1n) is 6.73. The summed E-state index contributed by atoms with van der Waals surface area (Å²) >= 11 is 13.3. The van der Waals surface area contributed by atoms with Gasteiger partial charge in [0.1, 0.15) is 29.1 Å². The van der Waals surface area contributed by atoms with E-state index in [9.17, 15) is 15.3 Å². The van der Waals surface area contributed by atoms with E-state index < -0.39 is 5.56 Å². The Labute approximate surface area is 155 Å². The monoisotopic (exact) mass is 387 g/mol. The van der Waals surface area contributed by atoms with E-state index in [0.717, 1.165) is 15.9 Å². The van der Waals surface area contributed by atoms with Crippen LogP contribution in [0.15, 0.2) is 34.6 Å². The van der Waals surface area contributed by atoms with Gasteiger partial charge in [0.2, 0.25) is 0 Å². The Morgan fingerprint density at radius 1 is 1.20 bits per heavy atom. The minimum absolute atomic E-state index is 0.0319. The lowest BCUT2D eigenvalue weighted by Gasteiger charge is -2.14. The molecule has 3 aromatic rings. The smallest absolute Gasteiger partial charge is 0.277 e. The van der Waals surface area contributed by atoms with Crippen molar-refractivity contribution in [3.05, 3.63) is 61.3 Å². The van der Waals surface area contributed by atoms with Crippen molar-refractivity contribution in [2.24, 2.45) is 0 Å². The van der Waals surface area contributed by atoms with Crippen LogP contribution in [0.4, 0.5) is 5.82 Å². The van der Waals surface area contributed by atoms with E-state index in [1.165, 1.54) is 18.3 Å². The summed E-state index contributed by atoms with van der Waals surface area (Å²) in [6.45, 7) is 0. The molecular formula is C16H7Cl2N5OS. The number of rotatable bonds is 2. The van der Waals surface area contributed by atoms with Crippen LogP contribution in [-0.2, 0) is 0 Å². The van der Waals surface area contributed by atoms with Gasteiger partial charge in [-0.3, -0.25) is 4.79 Å². The van der Waals surface area contributed by atoms with Crippen LogP contribution in [-0.4, -0.2) is 9.55 Å². The van der Waals surface area contributed by atoms with Crippen molar-refractivity contribution in [3.8, 4) is 28.4 Å². The number of hydrogen-bond donors (Lipinski definition) is 1. The van der Waals surface area contributed by atoms with Gasteiger partial charge in [-0.15, -0.1) is 11.3 Å². The summed E-state index contributed by atoms with van der Waals surface area (Å²) in [7, 11) is 0. The zero-order valence-electron chi connectivity index (χ0n) is 12.3. The van der Waals surface area contributed by atoms with Crippen LogP contribution in [0, 0.1) is 22.7 Å². The minimum Gasteiger partial charge on any atom is -0.384 e. The van der Waals surface area contributed by atoms with E-state index in [4.69, 9.17) is 28.9 Å². The Hall–Kier alpha value is -2.84. The number of pyridine rings is 1. The van der Waals surface area contributed by atoms with Crippen molar-refractivity contribution >= 4 is 40.4 Å². The summed E-state index contributed by atoms with van der Waals surface area (Å²) in [5.41, 5.74) is 5.52. The number of nitrogens with zero attached hydrogens (tertiary/aromatic N) is 4. The SMILES string of the molecule is N#Cc1c(-c2ccc(Cl)cc2Cl)c(C#N)c(=O)n(-c2nccs2)c1N. The summed E-state index contributed by atoms with van der Waals surface area (Å²) in [6, 6.07) is 8.36. The molecule has 2 aromatic heterocycles. The first-order valence-corrected chi connectivity index (χ1v) is 8.37. The molecule has 0 aliphatic rings. The first-order chi connectivity index (χ1) is 12.0. The fourth-order valence-electron chi connectivity index (χ4n) is 2.39. The lowest BCUT2D eigenvalue weighted by atomic mass is 9.96. The van der Waals surface area contributed by atoms with Crippen molar-refractivity contribution < 1.29 is 0 Å². The lowest BCUT2D eigenvalue weighted by Crippen LogP contribution is -2.26. The largest absolute Gasteiger partial charge is 0.384 e. The van der Waals surface area contributed by atoms with E-state index >= 15 is 0 Å². The highest BCUT2D eigenvalue weighted by Gasteiger charge is 2.24. The van der Waals surface area contributed by atoms with Gasteiger partial charge in [0.25, 0.3) is 5.56 Å². The first kappa shape index (κ1) is 17.0. The molecule has 1 aromatic carbocycles. The average Bonchev–Trinajstić information content (AvgIpc) is 3.09. The highest BCUT2D eigenvalue weighted by atomic mass is 35.5. The number of nitriles is 2. The zero-order valence-corrected chi connectivity index (χ0v) is 14.7. The van der Waals surface area contributed by atoms with E-state index in [2.05, 4.69) is 4.98 Å². The molecule has 25 heavy (non-hydrogen) atoms. The number of nitrogens with two attached hydrogens (primary N) is 1.